The van der Waals surface area contributed by atoms with Gasteiger partial charge in [0.05, 0.1) is 9.83 Å². The van der Waals surface area contributed by atoms with Gasteiger partial charge in [0.15, 0.2) is 0 Å². The molecule has 0 spiro atoms. The van der Waals surface area contributed by atoms with E-state index >= 15 is 0 Å². The molecule has 1 unspecified atom stereocenters. The first-order valence-electron chi connectivity index (χ1n) is 5.61. The lowest BCUT2D eigenvalue weighted by molar-refractivity contribution is 0.699. The van der Waals surface area contributed by atoms with E-state index in [1.165, 1.54) is 25.4 Å². The largest absolute Gasteiger partial charge is 0.309 e. The SMILES string of the molecule is CNC(c1ccc(Br)s1)c1cc(C)ccc1C. The van der Waals surface area contributed by atoms with Crippen molar-refractivity contribution in [3.8, 4) is 0 Å². The quantitative estimate of drug-likeness (QED) is 0.884. The van der Waals surface area contributed by atoms with Crippen LogP contribution in [0, 0.1) is 13.8 Å². The Bertz CT molecular complexity index is 519. The van der Waals surface area contributed by atoms with E-state index in [2.05, 4.69) is 65.4 Å². The second-order valence-corrected chi connectivity index (χ2v) is 6.72. The summed E-state index contributed by atoms with van der Waals surface area (Å²) < 4.78 is 1.18. The van der Waals surface area contributed by atoms with Crippen LogP contribution in [-0.4, -0.2) is 7.05 Å². The van der Waals surface area contributed by atoms with Gasteiger partial charge in [0.2, 0.25) is 0 Å². The molecular formula is C14H16BrNS. The lowest BCUT2D eigenvalue weighted by Crippen LogP contribution is -2.17. The van der Waals surface area contributed by atoms with Crippen LogP contribution in [0.15, 0.2) is 34.1 Å². The van der Waals surface area contributed by atoms with Gasteiger partial charge < -0.3 is 5.32 Å². The molecule has 1 nitrogen and oxygen atoms in total. The molecular weight excluding hydrogens is 294 g/mol. The molecule has 1 atom stereocenters. The number of aryl methyl sites for hydroxylation is 2. The molecule has 0 fully saturated rings. The highest BCUT2D eigenvalue weighted by Crippen LogP contribution is 2.32. The van der Waals surface area contributed by atoms with Gasteiger partial charge in [-0.2, -0.15) is 0 Å². The third kappa shape index (κ3) is 2.79. The summed E-state index contributed by atoms with van der Waals surface area (Å²) in [4.78, 5) is 1.34. The Labute approximate surface area is 115 Å². The Morgan fingerprint density at radius 2 is 1.94 bits per heavy atom. The van der Waals surface area contributed by atoms with Crippen LogP contribution in [0.2, 0.25) is 0 Å². The highest BCUT2D eigenvalue weighted by molar-refractivity contribution is 9.11. The zero-order valence-corrected chi connectivity index (χ0v) is 12.7. The van der Waals surface area contributed by atoms with Crippen LogP contribution in [0.25, 0.3) is 0 Å². The minimum Gasteiger partial charge on any atom is -0.309 e. The molecule has 0 saturated carbocycles. The molecule has 1 heterocycles. The van der Waals surface area contributed by atoms with Gasteiger partial charge in [0.1, 0.15) is 0 Å². The second-order valence-electron chi connectivity index (χ2n) is 4.22. The third-order valence-corrected chi connectivity index (χ3v) is 4.60. The van der Waals surface area contributed by atoms with Crippen LogP contribution in [0.5, 0.6) is 0 Å². The van der Waals surface area contributed by atoms with Crippen molar-refractivity contribution in [2.45, 2.75) is 19.9 Å². The van der Waals surface area contributed by atoms with Crippen molar-refractivity contribution in [3.05, 3.63) is 55.7 Å². The first-order chi connectivity index (χ1) is 8.11. The molecule has 0 aliphatic carbocycles. The predicted molar refractivity (Wildman–Crippen MR) is 78.8 cm³/mol. The Morgan fingerprint density at radius 3 is 2.53 bits per heavy atom. The van der Waals surface area contributed by atoms with Crippen LogP contribution < -0.4 is 5.32 Å². The molecule has 0 bridgehead atoms. The van der Waals surface area contributed by atoms with Gasteiger partial charge in [-0.25, -0.2) is 0 Å². The number of hydrogen-bond acceptors (Lipinski definition) is 2. The smallest absolute Gasteiger partial charge is 0.0702 e. The summed E-state index contributed by atoms with van der Waals surface area (Å²) in [7, 11) is 2.01. The molecule has 17 heavy (non-hydrogen) atoms. The predicted octanol–water partition coefficient (Wildman–Crippen LogP) is 4.44. The van der Waals surface area contributed by atoms with Gasteiger partial charge in [-0.15, -0.1) is 11.3 Å². The van der Waals surface area contributed by atoms with Crippen molar-refractivity contribution < 1.29 is 0 Å². The summed E-state index contributed by atoms with van der Waals surface area (Å²) in [5, 5.41) is 3.41. The lowest BCUT2D eigenvalue weighted by atomic mass is 9.98. The van der Waals surface area contributed by atoms with Crippen LogP contribution in [-0.2, 0) is 0 Å². The van der Waals surface area contributed by atoms with Crippen molar-refractivity contribution in [3.63, 3.8) is 0 Å². The lowest BCUT2D eigenvalue weighted by Gasteiger charge is -2.18. The Hall–Kier alpha value is -0.640. The number of halogens is 1. The van der Waals surface area contributed by atoms with E-state index in [1.807, 2.05) is 7.05 Å². The first-order valence-corrected chi connectivity index (χ1v) is 7.22. The molecule has 0 saturated heterocycles. The van der Waals surface area contributed by atoms with Gasteiger partial charge in [0, 0.05) is 4.88 Å². The Balaban J connectivity index is 2.45. The average molecular weight is 310 g/mol. The van der Waals surface area contributed by atoms with E-state index in [0.717, 1.165) is 0 Å². The minimum atomic E-state index is 0.284. The molecule has 1 aromatic carbocycles. The summed E-state index contributed by atoms with van der Waals surface area (Å²) in [5.41, 5.74) is 4.00. The summed E-state index contributed by atoms with van der Waals surface area (Å²) in [6.45, 7) is 4.31. The van der Waals surface area contributed by atoms with Gasteiger partial charge >= 0.3 is 0 Å². The second kappa shape index (κ2) is 5.34. The number of thiophene rings is 1. The van der Waals surface area contributed by atoms with E-state index < -0.39 is 0 Å². The maximum Gasteiger partial charge on any atom is 0.0702 e. The molecule has 1 aromatic heterocycles. The van der Waals surface area contributed by atoms with Gasteiger partial charge in [-0.1, -0.05) is 23.8 Å². The van der Waals surface area contributed by atoms with Crippen molar-refractivity contribution in [2.75, 3.05) is 7.05 Å². The average Bonchev–Trinajstić information content (AvgIpc) is 2.71. The van der Waals surface area contributed by atoms with E-state index in [1.54, 1.807) is 11.3 Å². The first kappa shape index (κ1) is 12.8. The maximum atomic E-state index is 3.53. The van der Waals surface area contributed by atoms with E-state index in [-0.39, 0.29) is 6.04 Å². The Morgan fingerprint density at radius 1 is 1.18 bits per heavy atom. The summed E-state index contributed by atoms with van der Waals surface area (Å²) in [6.07, 6.45) is 0. The summed E-state index contributed by atoms with van der Waals surface area (Å²) >= 11 is 5.31. The summed E-state index contributed by atoms with van der Waals surface area (Å²) in [5.74, 6) is 0. The monoisotopic (exact) mass is 309 g/mol. The molecule has 0 aliphatic rings. The number of hydrogen-bond donors (Lipinski definition) is 1. The van der Waals surface area contributed by atoms with Crippen molar-refractivity contribution >= 4 is 27.3 Å². The van der Waals surface area contributed by atoms with Crippen molar-refractivity contribution in [2.24, 2.45) is 0 Å². The van der Waals surface area contributed by atoms with Gasteiger partial charge in [0.25, 0.3) is 0 Å². The molecule has 1 N–H and O–H groups in total. The van der Waals surface area contributed by atoms with Gasteiger partial charge in [-0.05, 0) is 60.1 Å². The number of benzene rings is 1. The molecule has 0 radical (unpaired) electrons. The Kier molecular flexibility index (Phi) is 4.02. The van der Waals surface area contributed by atoms with E-state index in [9.17, 15) is 0 Å². The zero-order chi connectivity index (χ0) is 12.4. The van der Waals surface area contributed by atoms with Crippen molar-refractivity contribution in [1.82, 2.24) is 5.32 Å². The maximum absolute atomic E-state index is 3.53. The third-order valence-electron chi connectivity index (χ3n) is 2.91. The van der Waals surface area contributed by atoms with Crippen LogP contribution >= 0.6 is 27.3 Å². The molecule has 0 aliphatic heterocycles. The fourth-order valence-electron chi connectivity index (χ4n) is 2.01. The van der Waals surface area contributed by atoms with Crippen LogP contribution in [0.1, 0.15) is 27.6 Å². The molecule has 2 rings (SSSR count). The fraction of sp³-hybridized carbons (Fsp3) is 0.286. The molecule has 2 aromatic rings. The minimum absolute atomic E-state index is 0.284. The molecule has 90 valence electrons. The standard InChI is InChI=1S/C14H16BrNS/c1-9-4-5-10(2)11(8-9)14(16-3)12-6-7-13(15)17-12/h4-8,14,16H,1-3H3. The topological polar surface area (TPSA) is 12.0 Å². The highest BCUT2D eigenvalue weighted by Gasteiger charge is 2.16. The molecule has 0 amide bonds. The zero-order valence-electron chi connectivity index (χ0n) is 10.3. The number of rotatable bonds is 3. The summed E-state index contributed by atoms with van der Waals surface area (Å²) in [6, 6.07) is 11.2. The number of nitrogens with one attached hydrogen (secondary N) is 1. The van der Waals surface area contributed by atoms with Crippen molar-refractivity contribution in [1.29, 1.82) is 0 Å². The molecule has 3 heteroatoms. The fourth-order valence-corrected chi connectivity index (χ4v) is 3.56. The van der Waals surface area contributed by atoms with Gasteiger partial charge in [-0.3, -0.25) is 0 Å². The van der Waals surface area contributed by atoms with Crippen LogP contribution in [0.3, 0.4) is 0 Å². The van der Waals surface area contributed by atoms with E-state index in [4.69, 9.17) is 0 Å². The van der Waals surface area contributed by atoms with Crippen LogP contribution in [0.4, 0.5) is 0 Å². The van der Waals surface area contributed by atoms with E-state index in [0.29, 0.717) is 0 Å². The highest BCUT2D eigenvalue weighted by atomic mass is 79.9. The normalized spacial score (nSPS) is 12.7.